The summed E-state index contributed by atoms with van der Waals surface area (Å²) < 4.78 is 0. The maximum absolute atomic E-state index is 4.35. The topological polar surface area (TPSA) is 53.1 Å². The molecule has 1 aromatic rings. The predicted octanol–water partition coefficient (Wildman–Crippen LogP) is 1.13. The van der Waals surface area contributed by atoms with E-state index in [0.29, 0.717) is 6.04 Å². The van der Waals surface area contributed by atoms with E-state index in [0.717, 1.165) is 51.4 Å². The summed E-state index contributed by atoms with van der Waals surface area (Å²) >= 11 is 0. The molecule has 106 valence electrons. The summed E-state index contributed by atoms with van der Waals surface area (Å²) in [5.41, 5.74) is 1.21. The van der Waals surface area contributed by atoms with Crippen LogP contribution >= 0.6 is 0 Å². The van der Waals surface area contributed by atoms with E-state index in [1.54, 1.807) is 0 Å². The molecule has 1 aliphatic rings. The zero-order chi connectivity index (χ0) is 13.5. The average molecular weight is 263 g/mol. The Morgan fingerprint density at radius 1 is 1.42 bits per heavy atom. The van der Waals surface area contributed by atoms with Crippen molar-refractivity contribution < 1.29 is 0 Å². The van der Waals surface area contributed by atoms with E-state index in [4.69, 9.17) is 0 Å². The summed E-state index contributed by atoms with van der Waals surface area (Å²) in [7, 11) is 2.20. The van der Waals surface area contributed by atoms with E-state index in [9.17, 15) is 0 Å². The molecule has 1 unspecified atom stereocenters. The fourth-order valence-electron chi connectivity index (χ4n) is 2.40. The Balaban J connectivity index is 1.72. The van der Waals surface area contributed by atoms with Gasteiger partial charge in [-0.25, -0.2) is 9.97 Å². The van der Waals surface area contributed by atoms with E-state index in [-0.39, 0.29) is 0 Å². The van der Waals surface area contributed by atoms with Crippen LogP contribution in [0.3, 0.4) is 0 Å². The first-order chi connectivity index (χ1) is 9.29. The van der Waals surface area contributed by atoms with Crippen LogP contribution in [0.5, 0.6) is 0 Å². The van der Waals surface area contributed by atoms with Crippen LogP contribution in [0.15, 0.2) is 12.4 Å². The minimum atomic E-state index is 0.612. The largest absolute Gasteiger partial charge is 0.354 e. The third kappa shape index (κ3) is 4.44. The SMILES string of the molecule is CCCc1cnc(NCCC2CNCCN2C)nc1. The monoisotopic (exact) mass is 263 g/mol. The zero-order valence-corrected chi connectivity index (χ0v) is 12.0. The van der Waals surface area contributed by atoms with Gasteiger partial charge in [-0.3, -0.25) is 0 Å². The molecule has 0 saturated carbocycles. The molecule has 2 N–H and O–H groups in total. The van der Waals surface area contributed by atoms with Gasteiger partial charge in [-0.2, -0.15) is 0 Å². The summed E-state index contributed by atoms with van der Waals surface area (Å²) in [5.74, 6) is 0.742. The Morgan fingerprint density at radius 3 is 2.89 bits per heavy atom. The van der Waals surface area contributed by atoms with Crippen molar-refractivity contribution in [3.63, 3.8) is 0 Å². The second kappa shape index (κ2) is 7.40. The van der Waals surface area contributed by atoms with Gasteiger partial charge >= 0.3 is 0 Å². The Labute approximate surface area is 115 Å². The lowest BCUT2D eigenvalue weighted by atomic mass is 10.1. The molecule has 2 heterocycles. The van der Waals surface area contributed by atoms with Crippen LogP contribution in [0.25, 0.3) is 0 Å². The number of likely N-dealkylation sites (N-methyl/N-ethyl adjacent to an activating group) is 1. The zero-order valence-electron chi connectivity index (χ0n) is 12.0. The number of rotatable bonds is 6. The van der Waals surface area contributed by atoms with E-state index < -0.39 is 0 Å². The third-order valence-corrected chi connectivity index (χ3v) is 3.65. The molecule has 0 bridgehead atoms. The highest BCUT2D eigenvalue weighted by Crippen LogP contribution is 2.06. The fourth-order valence-corrected chi connectivity index (χ4v) is 2.40. The maximum Gasteiger partial charge on any atom is 0.222 e. The van der Waals surface area contributed by atoms with Crippen molar-refractivity contribution in [3.8, 4) is 0 Å². The van der Waals surface area contributed by atoms with E-state index in [1.165, 1.54) is 5.56 Å². The summed E-state index contributed by atoms with van der Waals surface area (Å²) in [6, 6.07) is 0.612. The molecule has 5 nitrogen and oxygen atoms in total. The quantitative estimate of drug-likeness (QED) is 0.806. The first kappa shape index (κ1) is 14.2. The Kier molecular flexibility index (Phi) is 5.54. The lowest BCUT2D eigenvalue weighted by Crippen LogP contribution is -2.49. The summed E-state index contributed by atoms with van der Waals surface area (Å²) in [4.78, 5) is 11.1. The molecule has 0 aromatic carbocycles. The number of hydrogen-bond acceptors (Lipinski definition) is 5. The Morgan fingerprint density at radius 2 is 2.21 bits per heavy atom. The highest BCUT2D eigenvalue weighted by atomic mass is 15.2. The normalized spacial score (nSPS) is 20.4. The molecule has 0 radical (unpaired) electrons. The van der Waals surface area contributed by atoms with Crippen LogP contribution in [0.4, 0.5) is 5.95 Å². The van der Waals surface area contributed by atoms with Crippen LogP contribution in [-0.2, 0) is 6.42 Å². The maximum atomic E-state index is 4.35. The highest BCUT2D eigenvalue weighted by Gasteiger charge is 2.17. The molecule has 1 fully saturated rings. The highest BCUT2D eigenvalue weighted by molar-refractivity contribution is 5.24. The van der Waals surface area contributed by atoms with Crippen LogP contribution in [0.2, 0.25) is 0 Å². The van der Waals surface area contributed by atoms with Gasteiger partial charge in [-0.15, -0.1) is 0 Å². The van der Waals surface area contributed by atoms with Gasteiger partial charge in [-0.05, 0) is 25.5 Å². The van der Waals surface area contributed by atoms with Crippen molar-refractivity contribution in [2.75, 3.05) is 38.5 Å². The number of nitrogens with one attached hydrogen (secondary N) is 2. The van der Waals surface area contributed by atoms with Crippen molar-refractivity contribution >= 4 is 5.95 Å². The molecule has 0 spiro atoms. The first-order valence-electron chi connectivity index (χ1n) is 7.25. The Bertz CT molecular complexity index is 365. The van der Waals surface area contributed by atoms with Crippen molar-refractivity contribution in [2.24, 2.45) is 0 Å². The number of hydrogen-bond donors (Lipinski definition) is 2. The number of nitrogens with zero attached hydrogens (tertiary/aromatic N) is 3. The van der Waals surface area contributed by atoms with Crippen LogP contribution in [0.1, 0.15) is 25.3 Å². The molecule has 2 rings (SSSR count). The summed E-state index contributed by atoms with van der Waals surface area (Å²) in [6.45, 7) is 6.40. The predicted molar refractivity (Wildman–Crippen MR) is 78.4 cm³/mol. The van der Waals surface area contributed by atoms with Crippen molar-refractivity contribution in [3.05, 3.63) is 18.0 Å². The van der Waals surface area contributed by atoms with Gasteiger partial charge in [0.1, 0.15) is 0 Å². The Hall–Kier alpha value is -1.20. The van der Waals surface area contributed by atoms with Crippen LogP contribution in [-0.4, -0.2) is 54.1 Å². The molecule has 19 heavy (non-hydrogen) atoms. The number of aryl methyl sites for hydroxylation is 1. The van der Waals surface area contributed by atoms with E-state index in [1.807, 2.05) is 12.4 Å². The molecule has 0 amide bonds. The van der Waals surface area contributed by atoms with Gasteiger partial charge in [-0.1, -0.05) is 13.3 Å². The lowest BCUT2D eigenvalue weighted by Gasteiger charge is -2.33. The van der Waals surface area contributed by atoms with Crippen molar-refractivity contribution in [1.29, 1.82) is 0 Å². The van der Waals surface area contributed by atoms with Crippen LogP contribution in [0, 0.1) is 0 Å². The molecular weight excluding hydrogens is 238 g/mol. The molecule has 1 aromatic heterocycles. The average Bonchev–Trinajstić information content (AvgIpc) is 2.43. The second-order valence-corrected chi connectivity index (χ2v) is 5.22. The second-order valence-electron chi connectivity index (χ2n) is 5.22. The number of piperazine rings is 1. The van der Waals surface area contributed by atoms with Gasteiger partial charge < -0.3 is 15.5 Å². The molecule has 0 aliphatic carbocycles. The summed E-state index contributed by atoms with van der Waals surface area (Å²) in [6.07, 6.45) is 7.15. The van der Waals surface area contributed by atoms with Gasteiger partial charge in [0.15, 0.2) is 0 Å². The summed E-state index contributed by atoms with van der Waals surface area (Å²) in [5, 5.41) is 6.74. The first-order valence-corrected chi connectivity index (χ1v) is 7.25. The van der Waals surface area contributed by atoms with E-state index >= 15 is 0 Å². The fraction of sp³-hybridized carbons (Fsp3) is 0.714. The molecule has 1 atom stereocenters. The minimum Gasteiger partial charge on any atom is -0.354 e. The van der Waals surface area contributed by atoms with Gasteiger partial charge in [0.25, 0.3) is 0 Å². The smallest absolute Gasteiger partial charge is 0.222 e. The molecular formula is C14H25N5. The lowest BCUT2D eigenvalue weighted by molar-refractivity contribution is 0.194. The van der Waals surface area contributed by atoms with Gasteiger partial charge in [0.2, 0.25) is 5.95 Å². The standard InChI is InChI=1S/C14H25N5/c1-3-4-12-9-17-14(18-10-12)16-6-5-13-11-15-7-8-19(13)2/h9-10,13,15H,3-8,11H2,1-2H3,(H,16,17,18). The number of anilines is 1. The van der Waals surface area contributed by atoms with Gasteiger partial charge in [0.05, 0.1) is 0 Å². The van der Waals surface area contributed by atoms with Gasteiger partial charge in [0, 0.05) is 44.6 Å². The van der Waals surface area contributed by atoms with Crippen LogP contribution < -0.4 is 10.6 Å². The van der Waals surface area contributed by atoms with E-state index in [2.05, 4.69) is 39.5 Å². The molecule has 1 saturated heterocycles. The van der Waals surface area contributed by atoms with Crippen molar-refractivity contribution in [1.82, 2.24) is 20.2 Å². The number of aromatic nitrogens is 2. The third-order valence-electron chi connectivity index (χ3n) is 3.65. The minimum absolute atomic E-state index is 0.612. The molecule has 5 heteroatoms. The molecule has 1 aliphatic heterocycles. The van der Waals surface area contributed by atoms with Crippen molar-refractivity contribution in [2.45, 2.75) is 32.2 Å².